The Morgan fingerprint density at radius 3 is 1.57 bits per heavy atom. The minimum absolute atomic E-state index is 0. The van der Waals surface area contributed by atoms with E-state index in [1.54, 1.807) is 6.08 Å². The van der Waals surface area contributed by atoms with Gasteiger partial charge >= 0.3 is 67.8 Å². The largest absolute Gasteiger partial charge is 0 e. The maximum absolute atomic E-state index is 12.6. The molecule has 9 nitrogen and oxygen atoms in total. The number of ketones is 1. The summed E-state index contributed by atoms with van der Waals surface area (Å²) in [6.07, 6.45) is 6.64. The van der Waals surface area contributed by atoms with Crippen LogP contribution in [-0.2, 0) is 75.5 Å². The van der Waals surface area contributed by atoms with Crippen molar-refractivity contribution in [1.29, 1.82) is 0 Å². The molecule has 1 unspecified atom stereocenters. The van der Waals surface area contributed by atoms with Gasteiger partial charge in [0.05, 0.1) is 0 Å². The van der Waals surface area contributed by atoms with Crippen LogP contribution in [0.15, 0.2) is 12.2 Å². The molecule has 0 spiro atoms. The van der Waals surface area contributed by atoms with E-state index in [9.17, 15) is 9.59 Å². The van der Waals surface area contributed by atoms with Gasteiger partial charge in [-0.25, -0.2) is 0 Å². The van der Waals surface area contributed by atoms with E-state index in [2.05, 4.69) is 97.4 Å². The second-order valence-corrected chi connectivity index (χ2v) is 12.1. The molecule has 0 aromatic heterocycles. The predicted octanol–water partition coefficient (Wildman–Crippen LogP) is 3.42. The van der Waals surface area contributed by atoms with E-state index >= 15 is 0 Å². The molecule has 1 aliphatic carbocycles. The molecule has 37 heavy (non-hydrogen) atoms. The topological polar surface area (TPSA) is 163 Å². The van der Waals surface area contributed by atoms with Crippen LogP contribution in [0.2, 0.25) is 18.1 Å². The summed E-state index contributed by atoms with van der Waals surface area (Å²) in [5, 5.41) is 0.0185. The number of hydrogen-bond acceptors (Lipinski definition) is 3. The molecule has 2 radical (unpaired) electrons. The van der Waals surface area contributed by atoms with Crippen molar-refractivity contribution >= 4 is 20.4 Å². The fourth-order valence-corrected chi connectivity index (χ4v) is 3.62. The number of Topliss-reactive ketones (excluding diaryl/α,β-unsaturated/α-hetero) is 1. The van der Waals surface area contributed by atoms with E-state index in [0.717, 1.165) is 12.8 Å². The Balaban J connectivity index is -0.0000000877. The first kappa shape index (κ1) is 55.4. The summed E-state index contributed by atoms with van der Waals surface area (Å²) in [6, 6.07) is 0. The predicted molar refractivity (Wildman–Crippen MR) is 119 cm³/mol. The van der Waals surface area contributed by atoms with Crippen molar-refractivity contribution in [2.24, 2.45) is 0 Å². The van der Waals surface area contributed by atoms with Gasteiger partial charge in [0.2, 0.25) is 0 Å². The van der Waals surface area contributed by atoms with Gasteiger partial charge in [0.15, 0.2) is 26.0 Å². The van der Waals surface area contributed by atoms with Crippen LogP contribution in [0.25, 0.3) is 0 Å². The van der Waals surface area contributed by atoms with Crippen LogP contribution < -0.4 is 0 Å². The average molecular weight is 616 g/mol. The number of carbonyl (C=O) groups is 2. The van der Waals surface area contributed by atoms with Gasteiger partial charge in [-0.3, -0.25) is 9.59 Å². The summed E-state index contributed by atoms with van der Waals surface area (Å²) < 4.78 is 51.5. The second kappa shape index (κ2) is 38.4. The summed E-state index contributed by atoms with van der Waals surface area (Å²) in [4.78, 5) is 22.7. The quantitative estimate of drug-likeness (QED) is 0.153. The zero-order valence-corrected chi connectivity index (χ0v) is 24.0. The molecule has 0 amide bonds. The maximum atomic E-state index is 12.6. The number of hydrogen-bond donors (Lipinski definition) is 0. The molecule has 1 fully saturated rings. The number of allylic oxidation sites excluding steroid dienone is 2. The minimum Gasteiger partial charge on any atom is 0 e. The molecule has 0 N–H and O–H groups in total. The molecule has 0 heterocycles. The maximum Gasteiger partial charge on any atom is 0 e. The fourth-order valence-electron chi connectivity index (χ4n) is 2.18. The summed E-state index contributed by atoms with van der Waals surface area (Å²) in [6.45, 7) is 37.8. The first-order chi connectivity index (χ1) is 16.6. The summed E-state index contributed by atoms with van der Waals surface area (Å²) in [5.41, 5.74) is -0.982. The van der Waals surface area contributed by atoms with Crippen LogP contribution in [0, 0.1) is 63.6 Å². The SMILES string of the molecule is CC(C)(C)[Si](C)(C)OC1(C#C/C=C\C#CC=O)CCCCC1=O.[C-]#[O+].[C-]#[O+].[C-]#[O+].[C-]#[O+].[C-]#[O+].[C-]#[O+].[Co].[Co]. The Morgan fingerprint density at radius 1 is 0.811 bits per heavy atom. The zero-order chi connectivity index (χ0) is 29.6. The third-order valence-corrected chi connectivity index (χ3v) is 9.01. The molecule has 1 aliphatic rings. The summed E-state index contributed by atoms with van der Waals surface area (Å²) >= 11 is 0. The summed E-state index contributed by atoms with van der Waals surface area (Å²) in [5.74, 6) is 10.9. The van der Waals surface area contributed by atoms with Crippen LogP contribution >= 0.6 is 0 Å². The van der Waals surface area contributed by atoms with Gasteiger partial charge < -0.3 is 4.43 Å². The van der Waals surface area contributed by atoms with E-state index in [1.807, 2.05) is 0 Å². The van der Waals surface area contributed by atoms with E-state index in [4.69, 9.17) is 32.3 Å². The van der Waals surface area contributed by atoms with Gasteiger partial charge in [0.25, 0.3) is 0 Å². The van der Waals surface area contributed by atoms with E-state index in [1.165, 1.54) is 6.08 Å². The van der Waals surface area contributed by atoms with Crippen molar-refractivity contribution in [3.05, 3.63) is 52.1 Å². The molecular formula is C25H26Co2O9Si. The van der Waals surface area contributed by atoms with Crippen LogP contribution in [0.1, 0.15) is 46.5 Å². The third-order valence-electron chi connectivity index (χ3n) is 4.54. The standard InChI is InChI=1S/C19H26O3Si.6CO.2Co/c1-18(2,3)23(4,5)22-19(15-11-9-13-17(19)21)14-10-7-6-8-12-16-20;6*1-2;;/h6-7,16H,9,11,13,15H2,1-5H3;;;;;;;;/b7-6-;;;;;;;;. The molecule has 0 aromatic rings. The van der Waals surface area contributed by atoms with E-state index < -0.39 is 13.9 Å². The van der Waals surface area contributed by atoms with E-state index in [0.29, 0.717) is 19.1 Å². The molecule has 0 aromatic carbocycles. The molecule has 1 rings (SSSR count). The van der Waals surface area contributed by atoms with E-state index in [-0.39, 0.29) is 44.4 Å². The number of aldehydes is 1. The molecule has 1 saturated carbocycles. The Morgan fingerprint density at radius 2 is 1.22 bits per heavy atom. The molecule has 202 valence electrons. The van der Waals surface area contributed by atoms with Crippen LogP contribution in [-0.4, -0.2) is 26.0 Å². The van der Waals surface area contributed by atoms with Crippen molar-refractivity contribution in [2.45, 2.75) is 70.2 Å². The fraction of sp³-hybridized carbons (Fsp3) is 0.440. The molecule has 1 atom stereocenters. The number of rotatable bonds is 2. The smallest absolute Gasteiger partial charge is 0 e. The Kier molecular flexibility index (Phi) is 57.4. The normalized spacial score (nSPS) is 14.0. The van der Waals surface area contributed by atoms with Gasteiger partial charge in [0.1, 0.15) is 0 Å². The number of carbonyl (C=O) groups excluding carboxylic acids is 2. The van der Waals surface area contributed by atoms with Crippen molar-refractivity contribution in [3.63, 3.8) is 0 Å². The summed E-state index contributed by atoms with van der Waals surface area (Å²) in [7, 11) is -2.11. The Hall–Kier alpha value is -2.17. The second-order valence-electron chi connectivity index (χ2n) is 7.33. The zero-order valence-electron chi connectivity index (χ0n) is 20.9. The molecular weight excluding hydrogens is 590 g/mol. The van der Waals surface area contributed by atoms with Crippen molar-refractivity contribution in [1.82, 2.24) is 0 Å². The van der Waals surface area contributed by atoms with Crippen molar-refractivity contribution < 1.29 is 75.5 Å². The van der Waals surface area contributed by atoms with Crippen molar-refractivity contribution in [2.75, 3.05) is 0 Å². The van der Waals surface area contributed by atoms with Crippen LogP contribution in [0.5, 0.6) is 0 Å². The third kappa shape index (κ3) is 26.7. The Labute approximate surface area is 241 Å². The van der Waals surface area contributed by atoms with Crippen LogP contribution in [0.3, 0.4) is 0 Å². The minimum atomic E-state index is -2.11. The average Bonchev–Trinajstić information content (AvgIpc) is 2.89. The van der Waals surface area contributed by atoms with Gasteiger partial charge in [-0.05, 0) is 55.5 Å². The molecule has 0 saturated heterocycles. The van der Waals surface area contributed by atoms with Gasteiger partial charge in [-0.1, -0.05) is 38.5 Å². The molecule has 0 aliphatic heterocycles. The monoisotopic (exact) mass is 616 g/mol. The molecule has 0 bridgehead atoms. The first-order valence-electron chi connectivity index (χ1n) is 9.23. The molecule has 12 heteroatoms. The Bertz CT molecular complexity index is 823. The van der Waals surface area contributed by atoms with Crippen molar-refractivity contribution in [3.8, 4) is 23.7 Å². The first-order valence-corrected chi connectivity index (χ1v) is 12.1. The van der Waals surface area contributed by atoms with Gasteiger partial charge in [0, 0.05) is 40.0 Å². The van der Waals surface area contributed by atoms with Crippen LogP contribution in [0.4, 0.5) is 0 Å². The van der Waals surface area contributed by atoms with Gasteiger partial charge in [-0.15, -0.1) is 0 Å². The van der Waals surface area contributed by atoms with Gasteiger partial charge in [-0.2, -0.15) is 0 Å².